The minimum Gasteiger partial charge on any atom is -0.401 e. The van der Waals surface area contributed by atoms with Crippen LogP contribution in [0, 0.1) is 10.8 Å². The van der Waals surface area contributed by atoms with E-state index in [1.165, 1.54) is 0 Å². The van der Waals surface area contributed by atoms with Gasteiger partial charge < -0.3 is 10.8 Å². The van der Waals surface area contributed by atoms with E-state index < -0.39 is 0 Å². The second kappa shape index (κ2) is 5.78. The van der Waals surface area contributed by atoms with Gasteiger partial charge in [-0.1, -0.05) is 20.8 Å². The molecule has 0 spiro atoms. The van der Waals surface area contributed by atoms with E-state index >= 15 is 0 Å². The molecule has 4 heteroatoms. The third-order valence-electron chi connectivity index (χ3n) is 1.90. The SMILES string of the molecule is CC(C)(C)C(N)=CC(=N)[NH2+]CCCO. The average molecular weight is 200 g/mol. The lowest BCUT2D eigenvalue weighted by molar-refractivity contribution is -0.540. The molecule has 0 aliphatic rings. The smallest absolute Gasteiger partial charge is 0.218 e. The Balaban J connectivity index is 4.03. The van der Waals surface area contributed by atoms with E-state index in [9.17, 15) is 0 Å². The van der Waals surface area contributed by atoms with E-state index in [-0.39, 0.29) is 12.0 Å². The van der Waals surface area contributed by atoms with Crippen molar-refractivity contribution < 1.29 is 10.4 Å². The second-order valence-electron chi connectivity index (χ2n) is 4.37. The van der Waals surface area contributed by atoms with Gasteiger partial charge in [0, 0.05) is 30.2 Å². The van der Waals surface area contributed by atoms with Crippen LogP contribution in [-0.2, 0) is 0 Å². The van der Waals surface area contributed by atoms with Gasteiger partial charge in [0.1, 0.15) is 0 Å². The fourth-order valence-electron chi connectivity index (χ4n) is 0.792. The molecule has 82 valence electrons. The molecule has 0 aliphatic heterocycles. The number of rotatable bonds is 4. The molecule has 0 aromatic rings. The molecule has 0 atom stereocenters. The zero-order valence-corrected chi connectivity index (χ0v) is 9.30. The molecular formula is C10H22N3O+. The summed E-state index contributed by atoms with van der Waals surface area (Å²) in [6.07, 6.45) is 2.38. The first kappa shape index (κ1) is 13.1. The Kier molecular flexibility index (Phi) is 5.42. The van der Waals surface area contributed by atoms with Crippen molar-refractivity contribution in [3.05, 3.63) is 11.8 Å². The van der Waals surface area contributed by atoms with Gasteiger partial charge in [0.2, 0.25) is 5.84 Å². The normalized spacial score (nSPS) is 13.0. The highest BCUT2D eigenvalue weighted by Crippen LogP contribution is 2.19. The Morgan fingerprint density at radius 3 is 2.50 bits per heavy atom. The lowest BCUT2D eigenvalue weighted by Crippen LogP contribution is -2.87. The van der Waals surface area contributed by atoms with Gasteiger partial charge >= 0.3 is 0 Å². The van der Waals surface area contributed by atoms with Crippen LogP contribution in [-0.4, -0.2) is 24.1 Å². The first-order valence-electron chi connectivity index (χ1n) is 4.88. The van der Waals surface area contributed by atoms with E-state index in [2.05, 4.69) is 0 Å². The molecule has 0 fully saturated rings. The van der Waals surface area contributed by atoms with Gasteiger partial charge in [-0.2, -0.15) is 0 Å². The van der Waals surface area contributed by atoms with Gasteiger partial charge in [-0.3, -0.25) is 10.7 Å². The summed E-state index contributed by atoms with van der Waals surface area (Å²) in [7, 11) is 0. The Bertz CT molecular complexity index is 216. The monoisotopic (exact) mass is 200 g/mol. The fourth-order valence-corrected chi connectivity index (χ4v) is 0.792. The molecule has 6 N–H and O–H groups in total. The molecule has 0 aromatic heterocycles. The van der Waals surface area contributed by atoms with Crippen molar-refractivity contribution in [2.45, 2.75) is 27.2 Å². The van der Waals surface area contributed by atoms with Crippen molar-refractivity contribution in [3.63, 3.8) is 0 Å². The Hall–Kier alpha value is -0.870. The van der Waals surface area contributed by atoms with Crippen molar-refractivity contribution in [2.24, 2.45) is 11.1 Å². The Morgan fingerprint density at radius 2 is 2.07 bits per heavy atom. The quantitative estimate of drug-likeness (QED) is 0.288. The third kappa shape index (κ3) is 5.72. The standard InChI is InChI=1S/C10H21N3O/c1-10(2,3)8(11)7-9(12)13-5-4-6-14/h7,14H,4-6,11H2,1-3H3,(H2,12,13)/p+1. The van der Waals surface area contributed by atoms with Gasteiger partial charge in [0.15, 0.2) is 0 Å². The average Bonchev–Trinajstić information content (AvgIpc) is 2.03. The first-order valence-corrected chi connectivity index (χ1v) is 4.88. The van der Waals surface area contributed by atoms with E-state index in [0.29, 0.717) is 18.0 Å². The van der Waals surface area contributed by atoms with Gasteiger partial charge in [0.25, 0.3) is 0 Å². The van der Waals surface area contributed by atoms with Crippen LogP contribution >= 0.6 is 0 Å². The summed E-state index contributed by atoms with van der Waals surface area (Å²) in [5.74, 6) is 0.422. The molecule has 0 bridgehead atoms. The van der Waals surface area contributed by atoms with E-state index in [1.54, 1.807) is 11.4 Å². The van der Waals surface area contributed by atoms with Crippen LogP contribution in [0.1, 0.15) is 27.2 Å². The number of allylic oxidation sites excluding steroid dienone is 1. The number of nitrogens with two attached hydrogens (primary N) is 2. The summed E-state index contributed by atoms with van der Waals surface area (Å²) < 4.78 is 0. The minimum absolute atomic E-state index is 0.0862. The first-order chi connectivity index (χ1) is 6.38. The van der Waals surface area contributed by atoms with Crippen LogP contribution in [0.15, 0.2) is 11.8 Å². The molecule has 0 aromatic carbocycles. The molecule has 0 aliphatic carbocycles. The molecular weight excluding hydrogens is 178 g/mol. The maximum absolute atomic E-state index is 8.56. The van der Waals surface area contributed by atoms with Gasteiger partial charge in [-0.25, -0.2) is 0 Å². The summed E-state index contributed by atoms with van der Waals surface area (Å²) in [5, 5.41) is 17.9. The minimum atomic E-state index is -0.0862. The second-order valence-corrected chi connectivity index (χ2v) is 4.37. The number of amidine groups is 1. The van der Waals surface area contributed by atoms with Crippen LogP contribution in [0.3, 0.4) is 0 Å². The summed E-state index contributed by atoms with van der Waals surface area (Å²) in [5.41, 5.74) is 6.43. The van der Waals surface area contributed by atoms with Crippen LogP contribution in [0.4, 0.5) is 0 Å². The maximum atomic E-state index is 8.56. The van der Waals surface area contributed by atoms with Crippen LogP contribution < -0.4 is 11.1 Å². The van der Waals surface area contributed by atoms with Gasteiger partial charge in [-0.05, 0) is 0 Å². The van der Waals surface area contributed by atoms with Gasteiger partial charge in [-0.15, -0.1) is 0 Å². The van der Waals surface area contributed by atoms with Crippen molar-refractivity contribution in [1.29, 1.82) is 5.41 Å². The highest BCUT2D eigenvalue weighted by Gasteiger charge is 2.14. The highest BCUT2D eigenvalue weighted by molar-refractivity contribution is 5.82. The molecule has 0 rings (SSSR count). The molecule has 0 saturated heterocycles. The van der Waals surface area contributed by atoms with Crippen molar-refractivity contribution in [1.82, 2.24) is 0 Å². The number of aliphatic hydroxyl groups excluding tert-OH is 1. The molecule has 14 heavy (non-hydrogen) atoms. The van der Waals surface area contributed by atoms with E-state index in [1.807, 2.05) is 20.8 Å². The number of nitrogens with one attached hydrogen (secondary N) is 1. The molecule has 0 radical (unpaired) electrons. The number of hydrogen-bond donors (Lipinski definition) is 4. The zero-order valence-electron chi connectivity index (χ0n) is 9.30. The molecule has 0 unspecified atom stereocenters. The molecule has 4 nitrogen and oxygen atoms in total. The Labute approximate surface area is 85.7 Å². The van der Waals surface area contributed by atoms with Crippen LogP contribution in [0.5, 0.6) is 0 Å². The Morgan fingerprint density at radius 1 is 1.50 bits per heavy atom. The fraction of sp³-hybridized carbons (Fsp3) is 0.700. The predicted molar refractivity (Wildman–Crippen MR) is 57.9 cm³/mol. The van der Waals surface area contributed by atoms with E-state index in [0.717, 1.165) is 6.54 Å². The van der Waals surface area contributed by atoms with E-state index in [4.69, 9.17) is 16.2 Å². The van der Waals surface area contributed by atoms with Crippen molar-refractivity contribution >= 4 is 5.84 Å². The largest absolute Gasteiger partial charge is 0.401 e. The third-order valence-corrected chi connectivity index (χ3v) is 1.90. The molecule has 0 saturated carbocycles. The van der Waals surface area contributed by atoms with Crippen molar-refractivity contribution in [2.75, 3.05) is 13.2 Å². The zero-order chi connectivity index (χ0) is 11.2. The maximum Gasteiger partial charge on any atom is 0.218 e. The molecule has 0 amide bonds. The number of aliphatic hydroxyl groups is 1. The summed E-state index contributed by atoms with van der Waals surface area (Å²) in [6.45, 7) is 6.94. The number of quaternary nitrogens is 1. The lowest BCUT2D eigenvalue weighted by Gasteiger charge is -2.18. The summed E-state index contributed by atoms with van der Waals surface area (Å²) in [4.78, 5) is 0. The number of hydrogen-bond acceptors (Lipinski definition) is 3. The highest BCUT2D eigenvalue weighted by atomic mass is 16.3. The van der Waals surface area contributed by atoms with Gasteiger partial charge in [0.05, 0.1) is 6.54 Å². The summed E-state index contributed by atoms with van der Waals surface area (Å²) in [6, 6.07) is 0. The predicted octanol–water partition coefficient (Wildman–Crippen LogP) is -0.202. The van der Waals surface area contributed by atoms with Crippen LogP contribution in [0.2, 0.25) is 0 Å². The van der Waals surface area contributed by atoms with Crippen LogP contribution in [0.25, 0.3) is 0 Å². The molecule has 0 heterocycles. The topological polar surface area (TPSA) is 86.7 Å². The summed E-state index contributed by atoms with van der Waals surface area (Å²) >= 11 is 0. The lowest BCUT2D eigenvalue weighted by atomic mass is 9.92. The van der Waals surface area contributed by atoms with Crippen molar-refractivity contribution in [3.8, 4) is 0 Å².